The SMILES string of the molecule is COc1cccc(C(C)C(=O)OCC(C)(COC(=O)C(C)c2cccc(OC)c2)COC(=O)C(C)c2cccc(OC)c2)c1. The van der Waals surface area contributed by atoms with Crippen LogP contribution < -0.4 is 14.2 Å². The largest absolute Gasteiger partial charge is 0.497 e. The third kappa shape index (κ3) is 9.23. The summed E-state index contributed by atoms with van der Waals surface area (Å²) in [6, 6.07) is 21.5. The minimum Gasteiger partial charge on any atom is -0.497 e. The molecule has 236 valence electrons. The Hall–Kier alpha value is -4.53. The molecular formula is C35H42O9. The van der Waals surface area contributed by atoms with E-state index in [0.29, 0.717) is 17.2 Å². The van der Waals surface area contributed by atoms with Gasteiger partial charge >= 0.3 is 17.9 Å². The smallest absolute Gasteiger partial charge is 0.313 e. The van der Waals surface area contributed by atoms with E-state index in [1.165, 1.54) is 0 Å². The maximum Gasteiger partial charge on any atom is 0.313 e. The highest BCUT2D eigenvalue weighted by atomic mass is 16.6. The molecule has 3 rings (SSSR count). The summed E-state index contributed by atoms with van der Waals surface area (Å²) in [5, 5.41) is 0. The summed E-state index contributed by atoms with van der Waals surface area (Å²) in [6.45, 7) is 6.50. The lowest BCUT2D eigenvalue weighted by Gasteiger charge is -2.29. The van der Waals surface area contributed by atoms with Gasteiger partial charge in [0.15, 0.2) is 0 Å². The fourth-order valence-corrected chi connectivity index (χ4v) is 4.38. The van der Waals surface area contributed by atoms with Crippen molar-refractivity contribution in [3.63, 3.8) is 0 Å². The van der Waals surface area contributed by atoms with Gasteiger partial charge in [-0.15, -0.1) is 0 Å². The first-order valence-electron chi connectivity index (χ1n) is 14.4. The molecule has 3 aromatic rings. The van der Waals surface area contributed by atoms with Crippen molar-refractivity contribution >= 4 is 17.9 Å². The molecule has 0 spiro atoms. The average Bonchev–Trinajstić information content (AvgIpc) is 3.07. The first kappa shape index (κ1) is 34.0. The lowest BCUT2D eigenvalue weighted by Crippen LogP contribution is -2.38. The third-order valence-electron chi connectivity index (χ3n) is 7.53. The van der Waals surface area contributed by atoms with Gasteiger partial charge in [0.25, 0.3) is 0 Å². The maximum absolute atomic E-state index is 13.1. The summed E-state index contributed by atoms with van der Waals surface area (Å²) in [5.41, 5.74) is 1.16. The van der Waals surface area contributed by atoms with E-state index < -0.39 is 41.1 Å². The number of carbonyl (C=O) groups is 3. The van der Waals surface area contributed by atoms with Gasteiger partial charge in [0.05, 0.1) is 44.5 Å². The first-order valence-corrected chi connectivity index (χ1v) is 14.4. The van der Waals surface area contributed by atoms with Crippen LogP contribution >= 0.6 is 0 Å². The molecule has 0 aliphatic carbocycles. The topological polar surface area (TPSA) is 107 Å². The van der Waals surface area contributed by atoms with Crippen molar-refractivity contribution in [1.82, 2.24) is 0 Å². The number of benzene rings is 3. The second-order valence-corrected chi connectivity index (χ2v) is 11.1. The van der Waals surface area contributed by atoms with Crippen LogP contribution in [0.2, 0.25) is 0 Å². The van der Waals surface area contributed by atoms with Crippen LogP contribution in [0.1, 0.15) is 62.1 Å². The Morgan fingerprint density at radius 1 is 0.545 bits per heavy atom. The molecule has 3 aromatic carbocycles. The Morgan fingerprint density at radius 3 is 1.07 bits per heavy atom. The molecule has 0 N–H and O–H groups in total. The van der Waals surface area contributed by atoms with Crippen molar-refractivity contribution in [2.45, 2.75) is 45.4 Å². The Balaban J connectivity index is 1.72. The molecule has 0 amide bonds. The van der Waals surface area contributed by atoms with Crippen LogP contribution in [0, 0.1) is 5.41 Å². The normalized spacial score (nSPS) is 14.2. The Labute approximate surface area is 259 Å². The first-order chi connectivity index (χ1) is 21.0. The molecule has 9 nitrogen and oxygen atoms in total. The number of hydrogen-bond acceptors (Lipinski definition) is 9. The molecule has 3 atom stereocenters. The second kappa shape index (κ2) is 15.8. The van der Waals surface area contributed by atoms with Gasteiger partial charge in [-0.2, -0.15) is 0 Å². The fourth-order valence-electron chi connectivity index (χ4n) is 4.38. The van der Waals surface area contributed by atoms with Crippen LogP contribution in [-0.4, -0.2) is 59.1 Å². The van der Waals surface area contributed by atoms with Crippen LogP contribution in [-0.2, 0) is 28.6 Å². The average molecular weight is 607 g/mol. The predicted octanol–water partition coefficient (Wildman–Crippen LogP) is 6.06. The molecular weight excluding hydrogens is 564 g/mol. The molecule has 44 heavy (non-hydrogen) atoms. The quantitative estimate of drug-likeness (QED) is 0.151. The van der Waals surface area contributed by atoms with Crippen LogP contribution in [0.15, 0.2) is 72.8 Å². The van der Waals surface area contributed by atoms with E-state index in [9.17, 15) is 14.4 Å². The van der Waals surface area contributed by atoms with Gasteiger partial charge in [-0.25, -0.2) is 0 Å². The molecule has 0 aromatic heterocycles. The van der Waals surface area contributed by atoms with Gasteiger partial charge < -0.3 is 28.4 Å². The number of carbonyl (C=O) groups excluding carboxylic acids is 3. The number of rotatable bonds is 15. The van der Waals surface area contributed by atoms with Gasteiger partial charge in [0, 0.05) is 0 Å². The van der Waals surface area contributed by atoms with E-state index in [-0.39, 0.29) is 19.8 Å². The van der Waals surface area contributed by atoms with Crippen molar-refractivity contribution in [2.75, 3.05) is 41.2 Å². The minimum atomic E-state index is -1.03. The minimum absolute atomic E-state index is 0.151. The van der Waals surface area contributed by atoms with Crippen molar-refractivity contribution in [1.29, 1.82) is 0 Å². The summed E-state index contributed by atoms with van der Waals surface area (Å²) in [5.74, 6) is -1.30. The fraction of sp³-hybridized carbons (Fsp3) is 0.400. The lowest BCUT2D eigenvalue weighted by atomic mass is 9.93. The number of ether oxygens (including phenoxy) is 6. The van der Waals surface area contributed by atoms with Crippen LogP contribution in [0.4, 0.5) is 0 Å². The van der Waals surface area contributed by atoms with E-state index in [2.05, 4.69) is 0 Å². The molecule has 9 heteroatoms. The van der Waals surface area contributed by atoms with E-state index >= 15 is 0 Å². The highest BCUT2D eigenvalue weighted by molar-refractivity contribution is 5.79. The second-order valence-electron chi connectivity index (χ2n) is 11.1. The Morgan fingerprint density at radius 2 is 0.818 bits per heavy atom. The van der Waals surface area contributed by atoms with Gasteiger partial charge in [0.1, 0.15) is 37.1 Å². The zero-order chi connectivity index (χ0) is 32.3. The molecule has 0 heterocycles. The molecule has 3 unspecified atom stereocenters. The summed E-state index contributed by atoms with van der Waals surface area (Å²) < 4.78 is 33.0. The van der Waals surface area contributed by atoms with Crippen LogP contribution in [0.3, 0.4) is 0 Å². The summed E-state index contributed by atoms with van der Waals surface area (Å²) >= 11 is 0. The van der Waals surface area contributed by atoms with Crippen molar-refractivity contribution < 1.29 is 42.8 Å². The highest BCUT2D eigenvalue weighted by Crippen LogP contribution is 2.28. The van der Waals surface area contributed by atoms with Crippen LogP contribution in [0.5, 0.6) is 17.2 Å². The van der Waals surface area contributed by atoms with Gasteiger partial charge in [-0.3, -0.25) is 14.4 Å². The summed E-state index contributed by atoms with van der Waals surface area (Å²) in [4.78, 5) is 39.2. The monoisotopic (exact) mass is 606 g/mol. The van der Waals surface area contributed by atoms with Crippen molar-refractivity contribution in [3.8, 4) is 17.2 Å². The number of methoxy groups -OCH3 is 3. The number of hydrogen-bond donors (Lipinski definition) is 0. The maximum atomic E-state index is 13.1. The van der Waals surface area contributed by atoms with Crippen molar-refractivity contribution in [2.24, 2.45) is 5.41 Å². The molecule has 0 aliphatic heterocycles. The molecule has 0 saturated carbocycles. The standard InChI is InChI=1S/C35H42O9/c1-23(26-11-8-14-29(17-26)39-5)32(36)42-20-35(4,21-43-33(37)24(2)27-12-9-15-30(18-27)40-6)22-44-34(38)25(3)28-13-10-16-31(19-28)41-7/h8-19,23-25H,20-22H2,1-7H3. The van der Waals surface area contributed by atoms with E-state index in [4.69, 9.17) is 28.4 Å². The van der Waals surface area contributed by atoms with Gasteiger partial charge in [-0.05, 0) is 80.8 Å². The lowest BCUT2D eigenvalue weighted by molar-refractivity contribution is -0.162. The Bertz CT molecular complexity index is 1250. The van der Waals surface area contributed by atoms with E-state index in [0.717, 1.165) is 16.7 Å². The molecule has 0 bridgehead atoms. The zero-order valence-electron chi connectivity index (χ0n) is 26.5. The summed E-state index contributed by atoms with van der Waals surface area (Å²) in [6.07, 6.45) is 0. The zero-order valence-corrected chi connectivity index (χ0v) is 26.5. The van der Waals surface area contributed by atoms with Crippen molar-refractivity contribution in [3.05, 3.63) is 89.5 Å². The Kier molecular flexibility index (Phi) is 12.2. The van der Waals surface area contributed by atoms with Gasteiger partial charge in [0.2, 0.25) is 0 Å². The molecule has 0 radical (unpaired) electrons. The van der Waals surface area contributed by atoms with E-state index in [1.54, 1.807) is 104 Å². The summed E-state index contributed by atoms with van der Waals surface area (Å²) in [7, 11) is 4.67. The molecule has 0 fully saturated rings. The highest BCUT2D eigenvalue weighted by Gasteiger charge is 2.33. The predicted molar refractivity (Wildman–Crippen MR) is 165 cm³/mol. The van der Waals surface area contributed by atoms with Gasteiger partial charge in [-0.1, -0.05) is 36.4 Å². The molecule has 0 saturated heterocycles. The number of esters is 3. The van der Waals surface area contributed by atoms with E-state index in [1.807, 2.05) is 18.2 Å². The van der Waals surface area contributed by atoms with Crippen LogP contribution in [0.25, 0.3) is 0 Å². The third-order valence-corrected chi connectivity index (χ3v) is 7.53. The molecule has 0 aliphatic rings.